The van der Waals surface area contributed by atoms with Crippen LogP contribution in [0.25, 0.3) is 11.0 Å². The van der Waals surface area contributed by atoms with E-state index in [0.717, 1.165) is 5.39 Å². The normalized spacial score (nSPS) is 13.4. The molecule has 0 N–H and O–H groups in total. The molecule has 0 fully saturated rings. The van der Waals surface area contributed by atoms with Gasteiger partial charge in [0, 0.05) is 10.3 Å². The predicted molar refractivity (Wildman–Crippen MR) is 43.4 cm³/mol. The summed E-state index contributed by atoms with van der Waals surface area (Å²) in [7, 11) is 0. The lowest BCUT2D eigenvalue weighted by atomic mass is 10.3. The van der Waals surface area contributed by atoms with Crippen LogP contribution in [0.2, 0.25) is 0 Å². The summed E-state index contributed by atoms with van der Waals surface area (Å²) in [5, 5.41) is 0.803. The van der Waals surface area contributed by atoms with Crippen LogP contribution in [0, 0.1) is 0 Å². The standard InChI is InChI=1S/C8H6O3S/c9-12(10)7-1-2-8-6(5-7)3-4-11-8/h1-5H,(H,9,10)/p-1. The Labute approximate surface area is 71.3 Å². The van der Waals surface area contributed by atoms with E-state index in [1.54, 1.807) is 18.2 Å². The maximum Gasteiger partial charge on any atom is 0.133 e. The third-order valence-corrected chi connectivity index (χ3v) is 2.26. The van der Waals surface area contributed by atoms with E-state index in [9.17, 15) is 8.76 Å². The lowest BCUT2D eigenvalue weighted by molar-refractivity contribution is 0.537. The van der Waals surface area contributed by atoms with Crippen LogP contribution in [0.5, 0.6) is 0 Å². The Morgan fingerprint density at radius 3 is 2.92 bits per heavy atom. The highest BCUT2D eigenvalue weighted by atomic mass is 32.2. The summed E-state index contributed by atoms with van der Waals surface area (Å²) in [4.78, 5) is 0.281. The lowest BCUT2D eigenvalue weighted by Gasteiger charge is -2.03. The highest BCUT2D eigenvalue weighted by Crippen LogP contribution is 2.18. The number of furan rings is 1. The van der Waals surface area contributed by atoms with E-state index in [2.05, 4.69) is 0 Å². The quantitative estimate of drug-likeness (QED) is 0.629. The van der Waals surface area contributed by atoms with E-state index >= 15 is 0 Å². The Hall–Kier alpha value is -1.13. The molecule has 12 heavy (non-hydrogen) atoms. The van der Waals surface area contributed by atoms with E-state index in [0.29, 0.717) is 5.58 Å². The van der Waals surface area contributed by atoms with Crippen LogP contribution in [0.4, 0.5) is 0 Å². The zero-order valence-corrected chi connectivity index (χ0v) is 6.84. The van der Waals surface area contributed by atoms with Gasteiger partial charge in [-0.3, -0.25) is 4.21 Å². The second kappa shape index (κ2) is 2.73. The van der Waals surface area contributed by atoms with Gasteiger partial charge in [-0.1, -0.05) is 0 Å². The van der Waals surface area contributed by atoms with Crippen LogP contribution in [-0.4, -0.2) is 8.76 Å². The maximum absolute atomic E-state index is 10.5. The molecule has 0 spiro atoms. The van der Waals surface area contributed by atoms with Crippen LogP contribution in [-0.2, 0) is 11.1 Å². The van der Waals surface area contributed by atoms with Crippen LogP contribution in [0.15, 0.2) is 39.8 Å². The van der Waals surface area contributed by atoms with E-state index in [1.807, 2.05) is 0 Å². The molecule has 3 nitrogen and oxygen atoms in total. The van der Waals surface area contributed by atoms with Gasteiger partial charge in [-0.15, -0.1) is 0 Å². The number of rotatable bonds is 1. The Morgan fingerprint density at radius 1 is 1.33 bits per heavy atom. The van der Waals surface area contributed by atoms with E-state index in [1.165, 1.54) is 12.3 Å². The highest BCUT2D eigenvalue weighted by Gasteiger charge is 1.97. The fraction of sp³-hybridized carbons (Fsp3) is 0. The summed E-state index contributed by atoms with van der Waals surface area (Å²) in [6, 6.07) is 6.45. The molecule has 0 bridgehead atoms. The largest absolute Gasteiger partial charge is 0.768 e. The summed E-state index contributed by atoms with van der Waals surface area (Å²) < 4.78 is 26.1. The first-order valence-electron chi connectivity index (χ1n) is 3.34. The number of fused-ring (bicyclic) bond motifs is 1. The van der Waals surface area contributed by atoms with Crippen LogP contribution in [0.3, 0.4) is 0 Å². The van der Waals surface area contributed by atoms with E-state index in [-0.39, 0.29) is 4.90 Å². The third-order valence-electron chi connectivity index (χ3n) is 1.62. The minimum absolute atomic E-state index is 0.281. The Balaban J connectivity index is 2.68. The van der Waals surface area contributed by atoms with Gasteiger partial charge in [0.25, 0.3) is 0 Å². The first-order chi connectivity index (χ1) is 5.77. The fourth-order valence-electron chi connectivity index (χ4n) is 1.05. The molecule has 1 unspecified atom stereocenters. The van der Waals surface area contributed by atoms with Crippen molar-refractivity contribution in [1.82, 2.24) is 0 Å². The van der Waals surface area contributed by atoms with Crippen molar-refractivity contribution in [2.24, 2.45) is 0 Å². The van der Waals surface area contributed by atoms with Crippen molar-refractivity contribution in [3.63, 3.8) is 0 Å². The van der Waals surface area contributed by atoms with Crippen molar-refractivity contribution in [2.75, 3.05) is 0 Å². The summed E-state index contributed by atoms with van der Waals surface area (Å²) in [5.41, 5.74) is 0.698. The topological polar surface area (TPSA) is 53.3 Å². The molecular weight excluding hydrogens is 176 g/mol. The van der Waals surface area contributed by atoms with Crippen molar-refractivity contribution >= 4 is 22.0 Å². The molecule has 2 rings (SSSR count). The molecule has 1 aromatic carbocycles. The molecule has 0 aliphatic rings. The molecule has 62 valence electrons. The number of hydrogen-bond donors (Lipinski definition) is 0. The fourth-order valence-corrected chi connectivity index (χ4v) is 1.45. The molecule has 2 aromatic rings. The van der Waals surface area contributed by atoms with Gasteiger partial charge < -0.3 is 8.97 Å². The summed E-state index contributed by atoms with van der Waals surface area (Å²) in [6.07, 6.45) is 1.53. The van der Waals surface area contributed by atoms with Crippen molar-refractivity contribution in [1.29, 1.82) is 0 Å². The Morgan fingerprint density at radius 2 is 2.17 bits per heavy atom. The highest BCUT2D eigenvalue weighted by molar-refractivity contribution is 7.79. The van der Waals surface area contributed by atoms with Crippen molar-refractivity contribution in [2.45, 2.75) is 4.90 Å². The zero-order chi connectivity index (χ0) is 8.55. The molecule has 1 heterocycles. The Kier molecular flexibility index (Phi) is 1.71. The van der Waals surface area contributed by atoms with Crippen molar-refractivity contribution in [3.05, 3.63) is 30.5 Å². The van der Waals surface area contributed by atoms with Gasteiger partial charge in [0.05, 0.1) is 6.26 Å². The summed E-state index contributed by atoms with van der Waals surface area (Å²) in [6.45, 7) is 0. The van der Waals surface area contributed by atoms with Gasteiger partial charge in [0.2, 0.25) is 0 Å². The minimum atomic E-state index is -2.16. The smallest absolute Gasteiger partial charge is 0.133 e. The van der Waals surface area contributed by atoms with Crippen LogP contribution >= 0.6 is 0 Å². The number of benzene rings is 1. The molecule has 0 aliphatic heterocycles. The van der Waals surface area contributed by atoms with Crippen molar-refractivity contribution in [3.8, 4) is 0 Å². The number of hydrogen-bond acceptors (Lipinski definition) is 3. The van der Waals surface area contributed by atoms with Gasteiger partial charge >= 0.3 is 0 Å². The molecule has 0 saturated carbocycles. The molecule has 0 aliphatic carbocycles. The van der Waals surface area contributed by atoms with Gasteiger partial charge in [-0.2, -0.15) is 0 Å². The van der Waals surface area contributed by atoms with E-state index in [4.69, 9.17) is 4.42 Å². The van der Waals surface area contributed by atoms with E-state index < -0.39 is 11.1 Å². The van der Waals surface area contributed by atoms with Crippen LogP contribution in [0.1, 0.15) is 0 Å². The third kappa shape index (κ3) is 1.15. The average molecular weight is 181 g/mol. The molecule has 1 aromatic heterocycles. The van der Waals surface area contributed by atoms with Gasteiger partial charge in [-0.05, 0) is 35.3 Å². The molecule has 0 saturated heterocycles. The second-order valence-electron chi connectivity index (χ2n) is 2.35. The summed E-state index contributed by atoms with van der Waals surface area (Å²) in [5.74, 6) is 0. The Bertz CT molecular complexity index is 433. The molecule has 0 radical (unpaired) electrons. The average Bonchev–Trinajstić information content (AvgIpc) is 2.49. The first kappa shape index (κ1) is 7.52. The SMILES string of the molecule is O=S([O-])c1ccc2occc2c1. The molecule has 0 amide bonds. The predicted octanol–water partition coefficient (Wildman–Crippen LogP) is 1.67. The molecule has 4 heteroatoms. The molecular formula is C8H5O3S-. The van der Waals surface area contributed by atoms with Gasteiger partial charge in [0.15, 0.2) is 0 Å². The second-order valence-corrected chi connectivity index (χ2v) is 3.30. The molecule has 1 atom stereocenters. The van der Waals surface area contributed by atoms with Gasteiger partial charge in [0.1, 0.15) is 5.58 Å². The lowest BCUT2D eigenvalue weighted by Crippen LogP contribution is -1.86. The van der Waals surface area contributed by atoms with Gasteiger partial charge in [-0.25, -0.2) is 0 Å². The first-order valence-corrected chi connectivity index (χ1v) is 4.41. The zero-order valence-electron chi connectivity index (χ0n) is 6.02. The minimum Gasteiger partial charge on any atom is -0.768 e. The monoisotopic (exact) mass is 181 g/mol. The van der Waals surface area contributed by atoms with Crippen molar-refractivity contribution < 1.29 is 13.2 Å². The summed E-state index contributed by atoms with van der Waals surface area (Å²) >= 11 is -2.16. The van der Waals surface area contributed by atoms with Crippen LogP contribution < -0.4 is 0 Å². The maximum atomic E-state index is 10.5.